The van der Waals surface area contributed by atoms with Crippen molar-refractivity contribution in [2.45, 2.75) is 32.2 Å². The SMILES string of the molecule is CCCCC(=O)NCC(c1ccccc1)N1CCN(C)CC1. The smallest absolute Gasteiger partial charge is 0.220 e. The average molecular weight is 303 g/mol. The number of amides is 1. The Morgan fingerprint density at radius 2 is 1.86 bits per heavy atom. The molecule has 0 radical (unpaired) electrons. The lowest BCUT2D eigenvalue weighted by molar-refractivity contribution is -0.121. The Labute approximate surface area is 134 Å². The van der Waals surface area contributed by atoms with Gasteiger partial charge in [-0.3, -0.25) is 9.69 Å². The van der Waals surface area contributed by atoms with Crippen molar-refractivity contribution in [3.05, 3.63) is 35.9 Å². The summed E-state index contributed by atoms with van der Waals surface area (Å²) < 4.78 is 0. The summed E-state index contributed by atoms with van der Waals surface area (Å²) in [7, 11) is 2.17. The highest BCUT2D eigenvalue weighted by atomic mass is 16.1. The number of nitrogens with one attached hydrogen (secondary N) is 1. The van der Waals surface area contributed by atoms with Gasteiger partial charge in [0.2, 0.25) is 5.91 Å². The molecule has 1 heterocycles. The molecule has 0 saturated carbocycles. The second kappa shape index (κ2) is 8.91. The molecule has 0 aromatic heterocycles. The molecular weight excluding hydrogens is 274 g/mol. The predicted molar refractivity (Wildman–Crippen MR) is 90.8 cm³/mol. The third kappa shape index (κ3) is 5.11. The van der Waals surface area contributed by atoms with Crippen molar-refractivity contribution in [2.24, 2.45) is 0 Å². The Balaban J connectivity index is 1.98. The van der Waals surface area contributed by atoms with Gasteiger partial charge < -0.3 is 10.2 Å². The van der Waals surface area contributed by atoms with Gasteiger partial charge in [-0.1, -0.05) is 43.7 Å². The zero-order chi connectivity index (χ0) is 15.8. The second-order valence-corrected chi connectivity index (χ2v) is 6.17. The van der Waals surface area contributed by atoms with E-state index in [1.165, 1.54) is 5.56 Å². The van der Waals surface area contributed by atoms with Crippen LogP contribution in [0.5, 0.6) is 0 Å². The third-order valence-electron chi connectivity index (χ3n) is 4.41. The number of benzene rings is 1. The van der Waals surface area contributed by atoms with E-state index in [2.05, 4.69) is 53.4 Å². The number of hydrogen-bond acceptors (Lipinski definition) is 3. The van der Waals surface area contributed by atoms with Crippen LogP contribution in [0.15, 0.2) is 30.3 Å². The van der Waals surface area contributed by atoms with Gasteiger partial charge in [0, 0.05) is 39.1 Å². The van der Waals surface area contributed by atoms with Crippen molar-refractivity contribution in [3.8, 4) is 0 Å². The van der Waals surface area contributed by atoms with Gasteiger partial charge in [0.05, 0.1) is 6.04 Å². The van der Waals surface area contributed by atoms with Crippen molar-refractivity contribution >= 4 is 5.91 Å². The van der Waals surface area contributed by atoms with Gasteiger partial charge in [0.15, 0.2) is 0 Å². The average Bonchev–Trinajstić information content (AvgIpc) is 2.55. The van der Waals surface area contributed by atoms with Crippen molar-refractivity contribution in [1.29, 1.82) is 0 Å². The summed E-state index contributed by atoms with van der Waals surface area (Å²) in [5.74, 6) is 0.178. The molecule has 2 rings (SSSR count). The minimum Gasteiger partial charge on any atom is -0.354 e. The number of carbonyl (C=O) groups is 1. The minimum atomic E-state index is 0.178. The van der Waals surface area contributed by atoms with E-state index in [0.717, 1.165) is 39.0 Å². The van der Waals surface area contributed by atoms with Crippen LogP contribution >= 0.6 is 0 Å². The number of likely N-dealkylation sites (N-methyl/N-ethyl adjacent to an activating group) is 1. The first-order valence-corrected chi connectivity index (χ1v) is 8.45. The molecule has 0 bridgehead atoms. The van der Waals surface area contributed by atoms with Crippen LogP contribution in [0.25, 0.3) is 0 Å². The summed E-state index contributed by atoms with van der Waals surface area (Å²) in [4.78, 5) is 16.8. The third-order valence-corrected chi connectivity index (χ3v) is 4.41. The Morgan fingerprint density at radius 1 is 1.18 bits per heavy atom. The largest absolute Gasteiger partial charge is 0.354 e. The van der Waals surface area contributed by atoms with Gasteiger partial charge in [-0.2, -0.15) is 0 Å². The molecule has 4 heteroatoms. The summed E-state index contributed by atoms with van der Waals surface area (Å²) in [5.41, 5.74) is 1.29. The van der Waals surface area contributed by atoms with Crippen molar-refractivity contribution < 1.29 is 4.79 Å². The second-order valence-electron chi connectivity index (χ2n) is 6.17. The molecule has 1 aromatic carbocycles. The summed E-state index contributed by atoms with van der Waals surface area (Å²) in [6, 6.07) is 10.8. The van der Waals surface area contributed by atoms with Crippen molar-refractivity contribution in [3.63, 3.8) is 0 Å². The summed E-state index contributed by atoms with van der Waals surface area (Å²) in [6.45, 7) is 7.11. The van der Waals surface area contributed by atoms with Crippen LogP contribution in [0, 0.1) is 0 Å². The lowest BCUT2D eigenvalue weighted by Gasteiger charge is -2.38. The Hall–Kier alpha value is -1.39. The first kappa shape index (κ1) is 17.0. The molecule has 1 atom stereocenters. The van der Waals surface area contributed by atoms with Crippen LogP contribution < -0.4 is 5.32 Å². The van der Waals surface area contributed by atoms with Crippen LogP contribution in [-0.2, 0) is 4.79 Å². The maximum Gasteiger partial charge on any atom is 0.220 e. The van der Waals surface area contributed by atoms with E-state index >= 15 is 0 Å². The molecule has 1 unspecified atom stereocenters. The van der Waals surface area contributed by atoms with Gasteiger partial charge in [0.25, 0.3) is 0 Å². The fourth-order valence-electron chi connectivity index (χ4n) is 2.90. The van der Waals surface area contributed by atoms with Gasteiger partial charge in [-0.05, 0) is 19.0 Å². The van der Waals surface area contributed by atoms with E-state index in [-0.39, 0.29) is 11.9 Å². The summed E-state index contributed by atoms with van der Waals surface area (Å²) in [6.07, 6.45) is 2.67. The van der Waals surface area contributed by atoms with Crippen LogP contribution in [0.3, 0.4) is 0 Å². The van der Waals surface area contributed by atoms with Crippen LogP contribution in [0.2, 0.25) is 0 Å². The van der Waals surface area contributed by atoms with E-state index in [1.807, 2.05) is 6.07 Å². The Bertz CT molecular complexity index is 441. The minimum absolute atomic E-state index is 0.178. The van der Waals surface area contributed by atoms with E-state index in [1.54, 1.807) is 0 Å². The molecular formula is C18H29N3O. The lowest BCUT2D eigenvalue weighted by atomic mass is 10.0. The Kier molecular flexibility index (Phi) is 6.87. The molecule has 1 saturated heterocycles. The molecule has 0 spiro atoms. The van der Waals surface area contributed by atoms with Gasteiger partial charge in [-0.25, -0.2) is 0 Å². The van der Waals surface area contributed by atoms with E-state index in [9.17, 15) is 4.79 Å². The standard InChI is InChI=1S/C18H29N3O/c1-3-4-10-18(22)19-15-17(16-8-6-5-7-9-16)21-13-11-20(2)12-14-21/h5-9,17H,3-4,10-15H2,1-2H3,(H,19,22). The maximum absolute atomic E-state index is 11.9. The zero-order valence-electron chi connectivity index (χ0n) is 13.9. The number of nitrogens with zero attached hydrogens (tertiary/aromatic N) is 2. The van der Waals surface area contributed by atoms with Crippen LogP contribution in [-0.4, -0.2) is 55.5 Å². The van der Waals surface area contributed by atoms with Gasteiger partial charge in [0.1, 0.15) is 0 Å². The monoisotopic (exact) mass is 303 g/mol. The zero-order valence-corrected chi connectivity index (χ0v) is 13.9. The van der Waals surface area contributed by atoms with Crippen LogP contribution in [0.4, 0.5) is 0 Å². The molecule has 1 aliphatic rings. The highest BCUT2D eigenvalue weighted by Gasteiger charge is 2.24. The highest BCUT2D eigenvalue weighted by molar-refractivity contribution is 5.75. The summed E-state index contributed by atoms with van der Waals surface area (Å²) >= 11 is 0. The number of rotatable bonds is 7. The van der Waals surface area contributed by atoms with Crippen molar-refractivity contribution in [1.82, 2.24) is 15.1 Å². The summed E-state index contributed by atoms with van der Waals surface area (Å²) in [5, 5.41) is 3.13. The predicted octanol–water partition coefficient (Wildman–Crippen LogP) is 2.28. The van der Waals surface area contributed by atoms with E-state index in [4.69, 9.17) is 0 Å². The topological polar surface area (TPSA) is 35.6 Å². The molecule has 22 heavy (non-hydrogen) atoms. The Morgan fingerprint density at radius 3 is 2.50 bits per heavy atom. The molecule has 1 N–H and O–H groups in total. The fourth-order valence-corrected chi connectivity index (χ4v) is 2.90. The molecule has 0 aliphatic carbocycles. The number of unbranched alkanes of at least 4 members (excludes halogenated alkanes) is 1. The van der Waals surface area contributed by atoms with Crippen molar-refractivity contribution in [2.75, 3.05) is 39.8 Å². The molecule has 1 amide bonds. The first-order chi connectivity index (χ1) is 10.7. The molecule has 1 aromatic rings. The quantitative estimate of drug-likeness (QED) is 0.839. The molecule has 4 nitrogen and oxygen atoms in total. The maximum atomic E-state index is 11.9. The highest BCUT2D eigenvalue weighted by Crippen LogP contribution is 2.21. The molecule has 1 aliphatic heterocycles. The fraction of sp³-hybridized carbons (Fsp3) is 0.611. The van der Waals surface area contributed by atoms with E-state index < -0.39 is 0 Å². The normalized spacial score (nSPS) is 18.1. The van der Waals surface area contributed by atoms with E-state index in [0.29, 0.717) is 13.0 Å². The lowest BCUT2D eigenvalue weighted by Crippen LogP contribution is -2.48. The first-order valence-electron chi connectivity index (χ1n) is 8.45. The number of piperazine rings is 1. The molecule has 1 fully saturated rings. The molecule has 122 valence electrons. The number of carbonyl (C=O) groups excluding carboxylic acids is 1. The van der Waals surface area contributed by atoms with Crippen LogP contribution in [0.1, 0.15) is 37.8 Å². The van der Waals surface area contributed by atoms with Gasteiger partial charge >= 0.3 is 0 Å². The van der Waals surface area contributed by atoms with Gasteiger partial charge in [-0.15, -0.1) is 0 Å². The number of hydrogen-bond donors (Lipinski definition) is 1.